The molecule has 178 valence electrons. The Balaban J connectivity index is 1.79. The van der Waals surface area contributed by atoms with Gasteiger partial charge in [-0.25, -0.2) is 8.42 Å². The molecule has 6 nitrogen and oxygen atoms in total. The minimum absolute atomic E-state index is 0.0505. The molecule has 8 heteroatoms. The Morgan fingerprint density at radius 1 is 1.29 bits per heavy atom. The predicted octanol–water partition coefficient (Wildman–Crippen LogP) is 3.30. The van der Waals surface area contributed by atoms with Crippen molar-refractivity contribution < 1.29 is 17.9 Å². The van der Waals surface area contributed by atoms with Crippen LogP contribution in [0, 0.1) is 12.8 Å². The van der Waals surface area contributed by atoms with Crippen molar-refractivity contribution in [1.82, 2.24) is 9.80 Å². The van der Waals surface area contributed by atoms with E-state index in [4.69, 9.17) is 4.74 Å². The molecule has 2 atom stereocenters. The molecule has 1 heterocycles. The normalized spacial score (nSPS) is 19.4. The molecule has 0 radical (unpaired) electrons. The molecule has 1 amide bonds. The number of amides is 1. The van der Waals surface area contributed by atoms with Crippen LogP contribution in [0.5, 0.6) is 0 Å². The van der Waals surface area contributed by atoms with Crippen molar-refractivity contribution in [2.75, 3.05) is 51.8 Å². The number of benzene rings is 1. The number of hydrogen-bond donors (Lipinski definition) is 1. The van der Waals surface area contributed by atoms with Crippen molar-refractivity contribution in [3.8, 4) is 0 Å². The quantitative estimate of drug-likeness (QED) is 0.395. The van der Waals surface area contributed by atoms with Crippen molar-refractivity contribution in [1.29, 1.82) is 0 Å². The van der Waals surface area contributed by atoms with E-state index in [9.17, 15) is 13.2 Å². The lowest BCUT2D eigenvalue weighted by atomic mass is 10.1. The van der Waals surface area contributed by atoms with Crippen molar-refractivity contribution in [2.24, 2.45) is 5.92 Å². The van der Waals surface area contributed by atoms with Crippen molar-refractivity contribution in [2.45, 2.75) is 51.0 Å². The molecule has 31 heavy (non-hydrogen) atoms. The zero-order valence-corrected chi connectivity index (χ0v) is 21.4. The lowest BCUT2D eigenvalue weighted by Crippen LogP contribution is -2.44. The third-order valence-electron chi connectivity index (χ3n) is 5.78. The minimum Gasteiger partial charge on any atom is -0.375 e. The Bertz CT molecular complexity index is 796. The van der Waals surface area contributed by atoms with Crippen LogP contribution in [0.3, 0.4) is 0 Å². The number of hydrogen-bond acceptors (Lipinski definition) is 5. The topological polar surface area (TPSA) is 66.9 Å². The highest BCUT2D eigenvalue weighted by molar-refractivity contribution is 8.80. The molecule has 1 unspecified atom stereocenters. The van der Waals surface area contributed by atoms with Gasteiger partial charge in [0.05, 0.1) is 23.4 Å². The lowest BCUT2D eigenvalue weighted by molar-refractivity contribution is -0.127. The summed E-state index contributed by atoms with van der Waals surface area (Å²) in [6.45, 7) is 10.7. The van der Waals surface area contributed by atoms with E-state index in [2.05, 4.69) is 18.7 Å². The molecule has 1 aromatic carbocycles. The van der Waals surface area contributed by atoms with E-state index in [-0.39, 0.29) is 17.8 Å². The maximum absolute atomic E-state index is 12.8. The van der Waals surface area contributed by atoms with Crippen LogP contribution in [-0.2, 0) is 18.4 Å². The van der Waals surface area contributed by atoms with Crippen LogP contribution >= 0.6 is 9.93 Å². The highest BCUT2D eigenvalue weighted by atomic mass is 33.2. The molecule has 0 spiro atoms. The first-order valence-corrected chi connectivity index (χ1v) is 15.3. The molecule has 0 saturated carbocycles. The molecule has 1 saturated heterocycles. The van der Waals surface area contributed by atoms with E-state index in [0.717, 1.165) is 44.1 Å². The molecule has 0 bridgehead atoms. The van der Waals surface area contributed by atoms with Gasteiger partial charge < -0.3 is 9.64 Å². The molecule has 1 fully saturated rings. The van der Waals surface area contributed by atoms with Crippen molar-refractivity contribution in [3.63, 3.8) is 0 Å². The van der Waals surface area contributed by atoms with E-state index >= 15 is 0 Å². The summed E-state index contributed by atoms with van der Waals surface area (Å²) < 4.78 is 31.5. The van der Waals surface area contributed by atoms with Gasteiger partial charge in [-0.15, -0.1) is 9.93 Å². The number of nitrogens with zero attached hydrogens (tertiary/aromatic N) is 2. The zero-order chi connectivity index (χ0) is 23.0. The average Bonchev–Trinajstić information content (AvgIpc) is 2.72. The van der Waals surface area contributed by atoms with Crippen LogP contribution in [0.15, 0.2) is 29.2 Å². The van der Waals surface area contributed by atoms with Crippen LogP contribution in [-0.4, -0.2) is 82.1 Å². The van der Waals surface area contributed by atoms with E-state index in [1.807, 2.05) is 6.92 Å². The van der Waals surface area contributed by atoms with E-state index in [1.54, 1.807) is 42.5 Å². The number of carbonyl (C=O) groups is 1. The minimum atomic E-state index is -3.46. The van der Waals surface area contributed by atoms with Gasteiger partial charge in [0.15, 0.2) is 0 Å². The van der Waals surface area contributed by atoms with Crippen molar-refractivity contribution in [3.05, 3.63) is 29.8 Å². The predicted molar refractivity (Wildman–Crippen MR) is 131 cm³/mol. The summed E-state index contributed by atoms with van der Waals surface area (Å²) in [5, 5.41) is 0. The second-order valence-electron chi connectivity index (χ2n) is 9.01. The van der Waals surface area contributed by atoms with Gasteiger partial charge in [-0.3, -0.25) is 9.69 Å². The molecular formula is C23H40N2O4S2. The van der Waals surface area contributed by atoms with Crippen LogP contribution in [0.4, 0.5) is 0 Å². The van der Waals surface area contributed by atoms with Crippen LogP contribution in [0.2, 0.25) is 0 Å². The second-order valence-corrected chi connectivity index (χ2v) is 15.3. The summed E-state index contributed by atoms with van der Waals surface area (Å²) in [6.07, 6.45) is 5.02. The third kappa shape index (κ3) is 8.40. The Hall–Kier alpha value is -1.09. The molecule has 1 aliphatic rings. The SMILES string of the molecule is Cc1ccc(S(=O)(=O)[SH](C)CC(=O)N(C)CC[C@H]2CN(CCCC(C)C)CCO2)cc1. The fraction of sp³-hybridized carbons (Fsp3) is 0.696. The monoisotopic (exact) mass is 472 g/mol. The lowest BCUT2D eigenvalue weighted by Gasteiger charge is -2.34. The first-order valence-electron chi connectivity index (χ1n) is 11.2. The summed E-state index contributed by atoms with van der Waals surface area (Å²) in [6, 6.07) is 6.84. The second kappa shape index (κ2) is 12.2. The van der Waals surface area contributed by atoms with Crippen LogP contribution in [0.1, 0.15) is 38.7 Å². The Morgan fingerprint density at radius 3 is 2.61 bits per heavy atom. The van der Waals surface area contributed by atoms with Gasteiger partial charge in [-0.05, 0) is 57.0 Å². The molecular weight excluding hydrogens is 432 g/mol. The molecule has 1 aliphatic heterocycles. The Kier molecular flexibility index (Phi) is 10.3. The van der Waals surface area contributed by atoms with Gasteiger partial charge >= 0.3 is 0 Å². The van der Waals surface area contributed by atoms with E-state index in [0.29, 0.717) is 11.4 Å². The highest BCUT2D eigenvalue weighted by Gasteiger charge is 2.25. The smallest absolute Gasteiger partial charge is 0.231 e. The largest absolute Gasteiger partial charge is 0.375 e. The summed E-state index contributed by atoms with van der Waals surface area (Å²) in [5.74, 6) is 0.666. The number of thiol groups is 1. The van der Waals surface area contributed by atoms with Crippen LogP contribution in [0.25, 0.3) is 0 Å². The number of carbonyl (C=O) groups excluding carboxylic acids is 1. The fourth-order valence-electron chi connectivity index (χ4n) is 3.63. The van der Waals surface area contributed by atoms with Gasteiger partial charge in [0.1, 0.15) is 0 Å². The maximum atomic E-state index is 12.8. The van der Waals surface area contributed by atoms with Gasteiger partial charge in [0, 0.05) is 26.7 Å². The molecule has 1 aromatic rings. The summed E-state index contributed by atoms with van der Waals surface area (Å²) >= 11 is 0. The standard InChI is InChI=1S/C23H40N2O4S2/c1-19(2)7-6-13-25-15-16-29-21(17-25)12-14-24(4)23(26)18-30(5)31(27,28)22-10-8-20(3)9-11-22/h8-11,19,21,30H,6-7,12-18H2,1-5H3/t21-/m0/s1. The maximum Gasteiger partial charge on any atom is 0.231 e. The Labute approximate surface area is 191 Å². The van der Waals surface area contributed by atoms with E-state index < -0.39 is 18.8 Å². The molecule has 0 aromatic heterocycles. The summed E-state index contributed by atoms with van der Waals surface area (Å²) in [5.41, 5.74) is 1.01. The first kappa shape index (κ1) is 26.2. The van der Waals surface area contributed by atoms with E-state index in [1.165, 1.54) is 12.8 Å². The third-order valence-corrected chi connectivity index (χ3v) is 11.7. The van der Waals surface area contributed by atoms with Crippen molar-refractivity contribution >= 4 is 24.7 Å². The molecule has 0 aliphatic carbocycles. The number of aryl methyl sites for hydroxylation is 1. The number of morpholine rings is 1. The highest BCUT2D eigenvalue weighted by Crippen LogP contribution is 2.35. The Morgan fingerprint density at radius 2 is 1.97 bits per heavy atom. The van der Waals surface area contributed by atoms with Gasteiger partial charge in [-0.2, -0.15) is 0 Å². The van der Waals surface area contributed by atoms with Gasteiger partial charge in [0.25, 0.3) is 0 Å². The molecule has 2 rings (SSSR count). The summed E-state index contributed by atoms with van der Waals surface area (Å²) in [7, 11) is -3.18. The van der Waals surface area contributed by atoms with Crippen LogP contribution < -0.4 is 0 Å². The average molecular weight is 473 g/mol. The van der Waals surface area contributed by atoms with Gasteiger partial charge in [-0.1, -0.05) is 31.5 Å². The summed E-state index contributed by atoms with van der Waals surface area (Å²) in [4.78, 5) is 17.1. The first-order chi connectivity index (χ1) is 14.6. The molecule has 0 N–H and O–H groups in total. The van der Waals surface area contributed by atoms with Gasteiger partial charge in [0.2, 0.25) is 14.8 Å². The zero-order valence-electron chi connectivity index (χ0n) is 19.7. The number of ether oxygens (including phenoxy) is 1. The fourth-order valence-corrected chi connectivity index (χ4v) is 7.55. The number of rotatable bonds is 11.